The van der Waals surface area contributed by atoms with Crippen molar-refractivity contribution in [2.45, 2.75) is 84.2 Å². The zero-order valence-electron chi connectivity index (χ0n) is 23.0. The molecule has 1 N–H and O–H groups in total. The van der Waals surface area contributed by atoms with Crippen LogP contribution < -0.4 is 0 Å². The van der Waals surface area contributed by atoms with Gasteiger partial charge in [-0.3, -0.25) is 0 Å². The number of carboxylic acid groups (broad SMARTS) is 1. The van der Waals surface area contributed by atoms with Crippen molar-refractivity contribution in [1.29, 1.82) is 0 Å². The number of nitrogens with zero attached hydrogens (tertiary/aromatic N) is 3. The normalized spacial score (nSPS) is 15.9. The van der Waals surface area contributed by atoms with Crippen LogP contribution in [0.3, 0.4) is 0 Å². The molecule has 1 saturated carbocycles. The predicted octanol–water partition coefficient (Wildman–Crippen LogP) is 7.69. The fourth-order valence-electron chi connectivity index (χ4n) is 7.13. The summed E-state index contributed by atoms with van der Waals surface area (Å²) in [5.74, 6) is -0.320. The molecule has 2 aliphatic rings. The Morgan fingerprint density at radius 3 is 2.63 bits per heavy atom. The van der Waals surface area contributed by atoms with Gasteiger partial charge >= 0.3 is 5.97 Å². The highest BCUT2D eigenvalue weighted by Gasteiger charge is 2.30. The van der Waals surface area contributed by atoms with Crippen molar-refractivity contribution in [3.8, 4) is 11.3 Å². The van der Waals surface area contributed by atoms with Gasteiger partial charge in [-0.25, -0.2) is 4.79 Å². The van der Waals surface area contributed by atoms with E-state index >= 15 is 0 Å². The Balaban J connectivity index is 1.50. The minimum Gasteiger partial charge on any atom is -0.478 e. The van der Waals surface area contributed by atoms with Crippen LogP contribution in [0, 0.1) is 0 Å². The van der Waals surface area contributed by atoms with E-state index in [2.05, 4.69) is 58.3 Å². The lowest BCUT2D eigenvalue weighted by Gasteiger charge is -2.23. The molecule has 0 saturated heterocycles. The van der Waals surface area contributed by atoms with Gasteiger partial charge in [-0.1, -0.05) is 63.8 Å². The molecular weight excluding hydrogens is 470 g/mol. The third-order valence-electron chi connectivity index (χ3n) is 9.14. The first-order valence-corrected chi connectivity index (χ1v) is 14.8. The summed E-state index contributed by atoms with van der Waals surface area (Å²) in [4.78, 5) is 14.5. The summed E-state index contributed by atoms with van der Waals surface area (Å²) in [5.41, 5.74) is 8.38. The highest BCUT2D eigenvalue weighted by Crippen LogP contribution is 2.47. The minimum atomic E-state index is -0.853. The van der Waals surface area contributed by atoms with E-state index in [9.17, 15) is 9.90 Å². The second kappa shape index (κ2) is 10.6. The molecule has 5 heteroatoms. The number of aromatic nitrogens is 2. The maximum Gasteiger partial charge on any atom is 0.335 e. The van der Waals surface area contributed by atoms with Gasteiger partial charge < -0.3 is 19.1 Å². The number of hydrogen-bond donors (Lipinski definition) is 1. The number of rotatable bonds is 9. The van der Waals surface area contributed by atoms with Crippen LogP contribution in [0.2, 0.25) is 0 Å². The lowest BCUT2D eigenvalue weighted by molar-refractivity contribution is 0.0697. The summed E-state index contributed by atoms with van der Waals surface area (Å²) in [7, 11) is 0. The first kappa shape index (κ1) is 25.2. The monoisotopic (exact) mass is 511 g/mol. The van der Waals surface area contributed by atoms with Gasteiger partial charge in [0.25, 0.3) is 0 Å². The Morgan fingerprint density at radius 2 is 1.87 bits per heavy atom. The predicted molar refractivity (Wildman–Crippen MR) is 156 cm³/mol. The van der Waals surface area contributed by atoms with Crippen molar-refractivity contribution in [1.82, 2.24) is 14.0 Å². The van der Waals surface area contributed by atoms with Crippen LogP contribution in [-0.4, -0.2) is 44.7 Å². The van der Waals surface area contributed by atoms with E-state index in [1.54, 1.807) is 6.07 Å². The van der Waals surface area contributed by atoms with Crippen LogP contribution in [-0.2, 0) is 19.5 Å². The van der Waals surface area contributed by atoms with E-state index in [0.717, 1.165) is 38.1 Å². The van der Waals surface area contributed by atoms with Gasteiger partial charge in [0.15, 0.2) is 0 Å². The highest BCUT2D eigenvalue weighted by molar-refractivity contribution is 6.03. The molecular formula is C33H41N3O2. The van der Waals surface area contributed by atoms with E-state index in [4.69, 9.17) is 0 Å². The second-order valence-corrected chi connectivity index (χ2v) is 11.4. The summed E-state index contributed by atoms with van der Waals surface area (Å²) in [6, 6.07) is 12.7. The largest absolute Gasteiger partial charge is 0.478 e. The minimum absolute atomic E-state index is 0.376. The lowest BCUT2D eigenvalue weighted by Crippen LogP contribution is -2.26. The van der Waals surface area contributed by atoms with Crippen molar-refractivity contribution in [3.05, 3.63) is 59.3 Å². The molecule has 2 aromatic carbocycles. The zero-order chi connectivity index (χ0) is 26.2. The number of aryl methyl sites for hydroxylation is 2. The second-order valence-electron chi connectivity index (χ2n) is 11.4. The molecule has 1 aliphatic heterocycles. The molecule has 6 rings (SSSR count). The third kappa shape index (κ3) is 4.35. The summed E-state index contributed by atoms with van der Waals surface area (Å²) < 4.78 is 4.92. The molecule has 3 heterocycles. The van der Waals surface area contributed by atoms with E-state index in [-0.39, 0.29) is 0 Å². The van der Waals surface area contributed by atoms with Gasteiger partial charge in [0.1, 0.15) is 0 Å². The summed E-state index contributed by atoms with van der Waals surface area (Å²) >= 11 is 0. The number of fused-ring (bicyclic) bond motifs is 4. The quantitative estimate of drug-likeness (QED) is 0.251. The Labute approximate surface area is 226 Å². The molecule has 0 amide bonds. The zero-order valence-corrected chi connectivity index (χ0v) is 23.0. The smallest absolute Gasteiger partial charge is 0.335 e. The van der Waals surface area contributed by atoms with Crippen molar-refractivity contribution in [2.24, 2.45) is 0 Å². The van der Waals surface area contributed by atoms with E-state index in [1.807, 2.05) is 6.07 Å². The number of aromatic carboxylic acids is 1. The van der Waals surface area contributed by atoms with Crippen molar-refractivity contribution < 1.29 is 9.90 Å². The van der Waals surface area contributed by atoms with Crippen LogP contribution >= 0.6 is 0 Å². The van der Waals surface area contributed by atoms with E-state index in [1.165, 1.54) is 90.2 Å². The first-order chi connectivity index (χ1) is 18.6. The molecule has 0 atom stereocenters. The molecule has 4 aromatic rings. The number of unbranched alkanes of at least 4 members (excludes halogenated alkanes) is 1. The van der Waals surface area contributed by atoms with Crippen LogP contribution in [0.15, 0.2) is 42.6 Å². The molecule has 0 unspecified atom stereocenters. The Morgan fingerprint density at radius 1 is 1.03 bits per heavy atom. The molecule has 200 valence electrons. The average Bonchev–Trinajstić information content (AvgIpc) is 3.41. The van der Waals surface area contributed by atoms with Gasteiger partial charge in [0.2, 0.25) is 0 Å². The molecule has 0 spiro atoms. The van der Waals surface area contributed by atoms with Gasteiger partial charge in [0, 0.05) is 47.7 Å². The topological polar surface area (TPSA) is 50.4 Å². The van der Waals surface area contributed by atoms with Crippen molar-refractivity contribution in [2.75, 3.05) is 19.6 Å². The molecule has 1 fully saturated rings. The number of para-hydroxylation sites is 1. The van der Waals surface area contributed by atoms with E-state index in [0.29, 0.717) is 11.5 Å². The summed E-state index contributed by atoms with van der Waals surface area (Å²) in [6.45, 7) is 9.69. The lowest BCUT2D eigenvalue weighted by atomic mass is 9.81. The Bertz CT molecular complexity index is 1470. The van der Waals surface area contributed by atoms with Gasteiger partial charge in [0.05, 0.1) is 16.8 Å². The van der Waals surface area contributed by atoms with Gasteiger partial charge in [-0.2, -0.15) is 0 Å². The van der Waals surface area contributed by atoms with Gasteiger partial charge in [-0.05, 0) is 68.0 Å². The van der Waals surface area contributed by atoms with Crippen LogP contribution in [0.25, 0.3) is 33.1 Å². The molecule has 2 aromatic heterocycles. The maximum absolute atomic E-state index is 11.9. The molecule has 5 nitrogen and oxygen atoms in total. The molecule has 38 heavy (non-hydrogen) atoms. The third-order valence-corrected chi connectivity index (χ3v) is 9.14. The van der Waals surface area contributed by atoms with Gasteiger partial charge in [-0.15, -0.1) is 0 Å². The van der Waals surface area contributed by atoms with Crippen molar-refractivity contribution in [3.63, 3.8) is 0 Å². The van der Waals surface area contributed by atoms with Crippen LogP contribution in [0.5, 0.6) is 0 Å². The fourth-order valence-corrected chi connectivity index (χ4v) is 7.13. The number of benzene rings is 2. The Kier molecular flexibility index (Phi) is 7.05. The maximum atomic E-state index is 11.9. The van der Waals surface area contributed by atoms with Crippen LogP contribution in [0.1, 0.15) is 86.2 Å². The summed E-state index contributed by atoms with van der Waals surface area (Å²) in [6.07, 6.45) is 12.3. The highest BCUT2D eigenvalue weighted by atomic mass is 16.4. The number of carbonyl (C=O) groups is 1. The molecule has 0 bridgehead atoms. The first-order valence-electron chi connectivity index (χ1n) is 14.8. The summed E-state index contributed by atoms with van der Waals surface area (Å²) in [5, 5.41) is 12.4. The molecule has 1 aliphatic carbocycles. The van der Waals surface area contributed by atoms with E-state index < -0.39 is 5.97 Å². The SMILES string of the molecule is CCCCN(CC)CCc1cn2c3c(cccc13)-c1c(C3CCCCC3)c3ccc(C(=O)O)cc3n1CC2. The fraction of sp³-hybridized carbons (Fsp3) is 0.485. The molecule has 0 radical (unpaired) electrons. The average molecular weight is 512 g/mol. The van der Waals surface area contributed by atoms with Crippen LogP contribution in [0.4, 0.5) is 0 Å². The number of hydrogen-bond acceptors (Lipinski definition) is 2. The Hall–Kier alpha value is -3.05. The number of carboxylic acids is 1. The number of likely N-dealkylation sites (N-methyl/N-ethyl adjacent to an activating group) is 1. The van der Waals surface area contributed by atoms with Crippen molar-refractivity contribution >= 4 is 27.8 Å². The standard InChI is InChI=1S/C33H41N3O2/c1-3-5-17-34(4-2)18-16-25-22-35-19-20-36-29-21-24(33(37)38)14-15-27(29)30(23-10-7-6-8-11-23)32(36)28-13-9-12-26(25)31(28)35/h9,12-15,21-23H,3-8,10-11,16-20H2,1-2H3,(H,37,38).